The molecule has 3 aromatic rings. The minimum absolute atomic E-state index is 0.0889. The predicted molar refractivity (Wildman–Crippen MR) is 129 cm³/mol. The Balaban J connectivity index is 1.67. The molecule has 14 heteroatoms. The molecule has 0 aliphatic carbocycles. The van der Waals surface area contributed by atoms with E-state index in [-0.39, 0.29) is 16.4 Å². The van der Waals surface area contributed by atoms with Crippen LogP contribution in [0.1, 0.15) is 38.3 Å². The van der Waals surface area contributed by atoms with Crippen molar-refractivity contribution in [2.45, 2.75) is 24.1 Å². The molecule has 6 nitrogen and oxygen atoms in total. The van der Waals surface area contributed by atoms with Crippen molar-refractivity contribution >= 4 is 34.8 Å². The molecule has 40 heavy (non-hydrogen) atoms. The second kappa shape index (κ2) is 10.4. The van der Waals surface area contributed by atoms with Gasteiger partial charge < -0.3 is 20.4 Å². The number of fused-ring (bicyclic) bond motifs is 1. The van der Waals surface area contributed by atoms with Crippen LogP contribution < -0.4 is 10.2 Å². The molecule has 1 atom stereocenters. The van der Waals surface area contributed by atoms with Gasteiger partial charge in [0, 0.05) is 29.2 Å². The largest absolute Gasteiger partial charge is 0.417 e. The monoisotopic (exact) mass is 590 g/mol. The van der Waals surface area contributed by atoms with Crippen LogP contribution in [-0.2, 0) is 11.8 Å². The Morgan fingerprint density at radius 2 is 1.70 bits per heavy atom. The summed E-state index contributed by atoms with van der Waals surface area (Å²) in [5.41, 5.74) is -7.51. The molecule has 0 spiro atoms. The number of aliphatic hydroxyl groups excluding tert-OH is 1. The van der Waals surface area contributed by atoms with Gasteiger partial charge >= 0.3 is 6.18 Å². The molecule has 0 bridgehead atoms. The third kappa shape index (κ3) is 5.23. The lowest BCUT2D eigenvalue weighted by Gasteiger charge is -2.33. The third-order valence-electron chi connectivity index (χ3n) is 6.41. The topological polar surface area (TPSA) is 89.9 Å². The summed E-state index contributed by atoms with van der Waals surface area (Å²) < 4.78 is 98.1. The van der Waals surface area contributed by atoms with E-state index in [1.165, 1.54) is 6.07 Å². The summed E-state index contributed by atoms with van der Waals surface area (Å²) in [4.78, 5) is 26.5. The summed E-state index contributed by atoms with van der Waals surface area (Å²) in [6.07, 6.45) is -6.11. The normalized spacial score (nSPS) is 18.6. The third-order valence-corrected chi connectivity index (χ3v) is 6.65. The van der Waals surface area contributed by atoms with Gasteiger partial charge in [-0.15, -0.1) is 0 Å². The lowest BCUT2D eigenvalue weighted by Crippen LogP contribution is -2.48. The van der Waals surface area contributed by atoms with E-state index in [0.29, 0.717) is 24.3 Å². The fourth-order valence-corrected chi connectivity index (χ4v) is 4.50. The van der Waals surface area contributed by atoms with Crippen LogP contribution in [0.25, 0.3) is 0 Å². The number of amides is 2. The van der Waals surface area contributed by atoms with E-state index in [4.69, 9.17) is 11.6 Å². The van der Waals surface area contributed by atoms with Crippen molar-refractivity contribution in [3.63, 3.8) is 0 Å². The molecule has 1 aliphatic heterocycles. The van der Waals surface area contributed by atoms with Crippen LogP contribution in [0.5, 0.6) is 0 Å². The molecule has 212 valence electrons. The van der Waals surface area contributed by atoms with Crippen molar-refractivity contribution < 1.29 is 50.5 Å². The second-order valence-corrected chi connectivity index (χ2v) is 9.36. The number of benzene rings is 3. The van der Waals surface area contributed by atoms with Crippen LogP contribution >= 0.6 is 11.6 Å². The molecule has 0 fully saturated rings. The Hall–Kier alpha value is -3.68. The Morgan fingerprint density at radius 1 is 1.00 bits per heavy atom. The second-order valence-electron chi connectivity index (χ2n) is 8.93. The number of hydrogen-bond donors (Lipinski definition) is 3. The fraction of sp³-hybridized carbons (Fsp3) is 0.231. The zero-order valence-electron chi connectivity index (χ0n) is 20.0. The maximum Gasteiger partial charge on any atom is 0.417 e. The first-order valence-corrected chi connectivity index (χ1v) is 11.8. The SMILES string of the molecule is O=C(Nc1ccc(C(=O)N2CCC(F)(F)[C@](O)(CO)c3cc(Cl)ccc32)c(F)c1)c1cc(F)ccc1C(F)(F)F. The molecular weight excluding hydrogens is 573 g/mol. The molecular formula is C26H18ClF7N2O4. The standard InChI is InChI=1S/C26H18ClF7N2O4/c27-13-1-6-21-19(9-13)24(40,12-37)25(30,31)7-8-36(21)23(39)16-4-3-15(11-20(16)29)35-22(38)17-10-14(28)2-5-18(17)26(32,33)34/h1-6,9-11,37,40H,7-8,12H2,(H,35,38)/t24-/m0/s1. The number of rotatable bonds is 4. The molecule has 3 N–H and O–H groups in total. The van der Waals surface area contributed by atoms with E-state index in [1.54, 1.807) is 0 Å². The molecule has 2 amide bonds. The maximum absolute atomic E-state index is 15.1. The average Bonchev–Trinajstić information content (AvgIpc) is 2.95. The summed E-state index contributed by atoms with van der Waals surface area (Å²) in [5, 5.41) is 22.2. The van der Waals surface area contributed by atoms with E-state index >= 15 is 4.39 Å². The van der Waals surface area contributed by atoms with E-state index in [0.717, 1.165) is 29.2 Å². The highest BCUT2D eigenvalue weighted by molar-refractivity contribution is 6.30. The smallest absolute Gasteiger partial charge is 0.393 e. The molecule has 0 aromatic heterocycles. The highest BCUT2D eigenvalue weighted by Gasteiger charge is 2.56. The molecule has 0 saturated heterocycles. The van der Waals surface area contributed by atoms with Crippen LogP contribution in [0.4, 0.5) is 42.1 Å². The number of carbonyl (C=O) groups excluding carboxylic acids is 2. The molecule has 0 unspecified atom stereocenters. The first-order valence-electron chi connectivity index (χ1n) is 11.4. The maximum atomic E-state index is 15.1. The van der Waals surface area contributed by atoms with Gasteiger partial charge in [0.25, 0.3) is 17.7 Å². The Labute approximate surface area is 226 Å². The van der Waals surface area contributed by atoms with Crippen LogP contribution in [0.15, 0.2) is 54.6 Å². The average molecular weight is 591 g/mol. The number of carbonyl (C=O) groups is 2. The zero-order valence-corrected chi connectivity index (χ0v) is 20.8. The molecule has 4 rings (SSSR count). The van der Waals surface area contributed by atoms with Gasteiger partial charge in [-0.3, -0.25) is 9.59 Å². The molecule has 0 saturated carbocycles. The number of alkyl halides is 5. The Kier molecular flexibility index (Phi) is 7.60. The van der Waals surface area contributed by atoms with E-state index in [9.17, 15) is 46.1 Å². The van der Waals surface area contributed by atoms with Crippen molar-refractivity contribution in [1.82, 2.24) is 0 Å². The van der Waals surface area contributed by atoms with Gasteiger partial charge in [0.05, 0.1) is 29.0 Å². The van der Waals surface area contributed by atoms with Crippen molar-refractivity contribution in [2.24, 2.45) is 0 Å². The minimum Gasteiger partial charge on any atom is -0.393 e. The van der Waals surface area contributed by atoms with Crippen LogP contribution in [0.3, 0.4) is 0 Å². The van der Waals surface area contributed by atoms with Gasteiger partial charge in [-0.25, -0.2) is 17.6 Å². The Morgan fingerprint density at radius 3 is 2.33 bits per heavy atom. The molecule has 3 aromatic carbocycles. The minimum atomic E-state index is -4.99. The van der Waals surface area contributed by atoms with Gasteiger partial charge in [0.2, 0.25) is 0 Å². The number of nitrogens with one attached hydrogen (secondary N) is 1. The Bertz CT molecular complexity index is 1500. The van der Waals surface area contributed by atoms with Crippen molar-refractivity contribution in [3.8, 4) is 0 Å². The summed E-state index contributed by atoms with van der Waals surface area (Å²) in [5.74, 6) is -8.87. The number of halogens is 8. The highest BCUT2D eigenvalue weighted by atomic mass is 35.5. The van der Waals surface area contributed by atoms with E-state index < -0.39 is 83.0 Å². The first-order chi connectivity index (χ1) is 18.6. The highest BCUT2D eigenvalue weighted by Crippen LogP contribution is 2.47. The lowest BCUT2D eigenvalue weighted by molar-refractivity contribution is -0.205. The number of nitrogens with zero attached hydrogens (tertiary/aromatic N) is 1. The number of aliphatic hydroxyl groups is 2. The quantitative estimate of drug-likeness (QED) is 0.338. The number of hydrogen-bond acceptors (Lipinski definition) is 4. The summed E-state index contributed by atoms with van der Waals surface area (Å²) in [6, 6.07) is 7.02. The summed E-state index contributed by atoms with van der Waals surface area (Å²) >= 11 is 5.90. The predicted octanol–water partition coefficient (Wildman–Crippen LogP) is 5.76. The lowest BCUT2D eigenvalue weighted by atomic mass is 9.86. The zero-order chi connectivity index (χ0) is 29.6. The van der Waals surface area contributed by atoms with Gasteiger partial charge in [-0.1, -0.05) is 11.6 Å². The van der Waals surface area contributed by atoms with Crippen molar-refractivity contribution in [2.75, 3.05) is 23.4 Å². The van der Waals surface area contributed by atoms with Crippen molar-refractivity contribution in [1.29, 1.82) is 0 Å². The van der Waals surface area contributed by atoms with Gasteiger partial charge in [0.15, 0.2) is 5.60 Å². The van der Waals surface area contributed by atoms with Gasteiger partial charge in [0.1, 0.15) is 11.6 Å². The van der Waals surface area contributed by atoms with Gasteiger partial charge in [-0.2, -0.15) is 13.2 Å². The fourth-order valence-electron chi connectivity index (χ4n) is 4.32. The van der Waals surface area contributed by atoms with Crippen molar-refractivity contribution in [3.05, 3.63) is 93.5 Å². The summed E-state index contributed by atoms with van der Waals surface area (Å²) in [6.45, 7) is -2.13. The molecule has 1 heterocycles. The van der Waals surface area contributed by atoms with Crippen LogP contribution in [0.2, 0.25) is 5.02 Å². The molecule has 1 aliphatic rings. The molecule has 0 radical (unpaired) electrons. The number of anilines is 2. The summed E-state index contributed by atoms with van der Waals surface area (Å²) in [7, 11) is 0. The van der Waals surface area contributed by atoms with E-state index in [2.05, 4.69) is 0 Å². The van der Waals surface area contributed by atoms with Crippen LogP contribution in [0, 0.1) is 11.6 Å². The van der Waals surface area contributed by atoms with E-state index in [1.807, 2.05) is 5.32 Å². The van der Waals surface area contributed by atoms with Gasteiger partial charge in [-0.05, 0) is 54.6 Å². The van der Waals surface area contributed by atoms with Crippen LogP contribution in [-0.4, -0.2) is 41.1 Å². The first kappa shape index (κ1) is 29.3.